The lowest BCUT2D eigenvalue weighted by Crippen LogP contribution is -2.31. The summed E-state index contributed by atoms with van der Waals surface area (Å²) in [4.78, 5) is 39.9. The highest BCUT2D eigenvalue weighted by Crippen LogP contribution is 2.40. The summed E-state index contributed by atoms with van der Waals surface area (Å²) in [5.41, 5.74) is 3.82. The third-order valence-electron chi connectivity index (χ3n) is 6.00. The first-order chi connectivity index (χ1) is 13.9. The average molecular weight is 388 g/mol. The van der Waals surface area contributed by atoms with Gasteiger partial charge in [-0.1, -0.05) is 31.2 Å². The number of carbonyl (C=O) groups excluding carboxylic acids is 3. The maximum atomic E-state index is 13.0. The first-order valence-corrected chi connectivity index (χ1v) is 9.90. The Bertz CT molecular complexity index is 1040. The van der Waals surface area contributed by atoms with Crippen molar-refractivity contribution in [2.45, 2.75) is 27.2 Å². The Morgan fingerprint density at radius 1 is 1.03 bits per heavy atom. The fourth-order valence-corrected chi connectivity index (χ4v) is 4.21. The van der Waals surface area contributed by atoms with Crippen LogP contribution in [0, 0.1) is 31.6 Å². The number of anilines is 2. The van der Waals surface area contributed by atoms with Crippen molar-refractivity contribution in [1.29, 1.82) is 0 Å². The summed E-state index contributed by atoms with van der Waals surface area (Å²) in [6.45, 7) is 5.98. The number of hydrogen-bond donors (Lipinski definition) is 1. The number of amides is 3. The van der Waals surface area contributed by atoms with Crippen molar-refractivity contribution < 1.29 is 14.4 Å². The predicted octanol–water partition coefficient (Wildman–Crippen LogP) is 4.26. The smallest absolute Gasteiger partial charge is 0.255 e. The van der Waals surface area contributed by atoms with Crippen molar-refractivity contribution in [2.24, 2.45) is 17.8 Å². The molecule has 2 aromatic rings. The summed E-state index contributed by atoms with van der Waals surface area (Å²) in [5, 5.41) is 2.89. The van der Waals surface area contributed by atoms with Gasteiger partial charge in [0.2, 0.25) is 11.8 Å². The van der Waals surface area contributed by atoms with Crippen molar-refractivity contribution in [3.63, 3.8) is 0 Å². The molecule has 2 aromatic carbocycles. The van der Waals surface area contributed by atoms with Crippen LogP contribution in [0.1, 0.15) is 34.8 Å². The van der Waals surface area contributed by atoms with Gasteiger partial charge in [-0.05, 0) is 67.6 Å². The van der Waals surface area contributed by atoms with E-state index in [1.54, 1.807) is 24.3 Å². The summed E-state index contributed by atoms with van der Waals surface area (Å²) in [7, 11) is 0. The molecule has 1 heterocycles. The zero-order valence-corrected chi connectivity index (χ0v) is 16.8. The molecule has 3 atom stereocenters. The Morgan fingerprint density at radius 2 is 1.83 bits per heavy atom. The maximum absolute atomic E-state index is 13.0. The molecule has 1 N–H and O–H groups in total. The standard InChI is InChI=1S/C24H24N2O3/c1-14-10-11-18(12-16(14)3)25-22(27)17-7-5-8-19(13-17)26-23(28)20-9-4-6-15(2)21(20)24(26)29/h4-8,10-13,15,20-21H,9H2,1-3H3,(H,25,27)/t15-,20-,21-/m0/s1. The molecule has 148 valence electrons. The number of fused-ring (bicyclic) bond motifs is 1. The number of allylic oxidation sites excluding steroid dienone is 2. The number of nitrogens with one attached hydrogen (secondary N) is 1. The van der Waals surface area contributed by atoms with Crippen LogP contribution in [-0.2, 0) is 9.59 Å². The highest BCUT2D eigenvalue weighted by Gasteiger charge is 2.50. The van der Waals surface area contributed by atoms with E-state index in [1.165, 1.54) is 4.90 Å². The van der Waals surface area contributed by atoms with Gasteiger partial charge in [0.25, 0.3) is 5.91 Å². The largest absolute Gasteiger partial charge is 0.322 e. The van der Waals surface area contributed by atoms with Gasteiger partial charge in [-0.3, -0.25) is 19.3 Å². The van der Waals surface area contributed by atoms with Crippen molar-refractivity contribution in [2.75, 3.05) is 10.2 Å². The average Bonchev–Trinajstić information content (AvgIpc) is 2.96. The van der Waals surface area contributed by atoms with Crippen LogP contribution >= 0.6 is 0 Å². The minimum absolute atomic E-state index is 0.0338. The van der Waals surface area contributed by atoms with Gasteiger partial charge in [-0.15, -0.1) is 0 Å². The Labute approximate surface area is 170 Å². The van der Waals surface area contributed by atoms with Gasteiger partial charge in [0.1, 0.15) is 0 Å². The quantitative estimate of drug-likeness (QED) is 0.631. The third-order valence-corrected chi connectivity index (χ3v) is 6.00. The van der Waals surface area contributed by atoms with Crippen molar-refractivity contribution in [1.82, 2.24) is 0 Å². The van der Waals surface area contributed by atoms with Crippen LogP contribution in [0.2, 0.25) is 0 Å². The van der Waals surface area contributed by atoms with Crippen LogP contribution in [0.25, 0.3) is 0 Å². The number of aryl methyl sites for hydroxylation is 2. The molecule has 0 radical (unpaired) electrons. The van der Waals surface area contributed by atoms with E-state index < -0.39 is 0 Å². The molecule has 1 saturated heterocycles. The molecule has 3 amide bonds. The lowest BCUT2D eigenvalue weighted by molar-refractivity contribution is -0.122. The Hall–Kier alpha value is -3.21. The zero-order valence-electron chi connectivity index (χ0n) is 16.8. The molecular formula is C24H24N2O3. The van der Waals surface area contributed by atoms with Crippen LogP contribution in [0.15, 0.2) is 54.6 Å². The van der Waals surface area contributed by atoms with Crippen LogP contribution in [0.3, 0.4) is 0 Å². The van der Waals surface area contributed by atoms with Crippen molar-refractivity contribution in [3.8, 4) is 0 Å². The monoisotopic (exact) mass is 388 g/mol. The van der Waals surface area contributed by atoms with Crippen molar-refractivity contribution >= 4 is 29.1 Å². The van der Waals surface area contributed by atoms with Gasteiger partial charge in [0, 0.05) is 11.3 Å². The van der Waals surface area contributed by atoms with E-state index in [1.807, 2.05) is 51.1 Å². The normalized spacial score (nSPS) is 23.3. The van der Waals surface area contributed by atoms with E-state index in [9.17, 15) is 14.4 Å². The molecule has 5 nitrogen and oxygen atoms in total. The molecule has 5 heteroatoms. The summed E-state index contributed by atoms with van der Waals surface area (Å²) < 4.78 is 0. The molecule has 1 aliphatic carbocycles. The van der Waals surface area contributed by atoms with Gasteiger partial charge in [-0.25, -0.2) is 0 Å². The van der Waals surface area contributed by atoms with E-state index in [-0.39, 0.29) is 35.5 Å². The molecule has 0 bridgehead atoms. The second-order valence-electron chi connectivity index (χ2n) is 7.97. The van der Waals surface area contributed by atoms with Gasteiger partial charge in [0.15, 0.2) is 0 Å². The molecule has 2 aliphatic rings. The van der Waals surface area contributed by atoms with Gasteiger partial charge >= 0.3 is 0 Å². The SMILES string of the molecule is Cc1ccc(NC(=O)c2cccc(N3C(=O)[C@@H]4[C@H](CC=C[C@@H]4C)C3=O)c2)cc1C. The van der Waals surface area contributed by atoms with Crippen LogP contribution in [0.5, 0.6) is 0 Å². The van der Waals surface area contributed by atoms with E-state index in [0.29, 0.717) is 23.4 Å². The molecule has 1 aliphatic heterocycles. The topological polar surface area (TPSA) is 66.5 Å². The minimum Gasteiger partial charge on any atom is -0.322 e. The van der Waals surface area contributed by atoms with Crippen molar-refractivity contribution in [3.05, 3.63) is 71.3 Å². The highest BCUT2D eigenvalue weighted by atomic mass is 16.2. The second-order valence-corrected chi connectivity index (χ2v) is 7.97. The molecule has 4 rings (SSSR count). The van der Waals surface area contributed by atoms with E-state index in [4.69, 9.17) is 0 Å². The number of rotatable bonds is 3. The highest BCUT2D eigenvalue weighted by molar-refractivity contribution is 6.22. The Balaban J connectivity index is 1.59. The first-order valence-electron chi connectivity index (χ1n) is 9.90. The number of imide groups is 1. The Kier molecular flexibility index (Phi) is 4.82. The number of carbonyl (C=O) groups is 3. The van der Waals surface area contributed by atoms with Crippen LogP contribution in [-0.4, -0.2) is 17.7 Å². The molecule has 0 spiro atoms. The predicted molar refractivity (Wildman–Crippen MR) is 113 cm³/mol. The third kappa shape index (κ3) is 3.37. The molecule has 0 saturated carbocycles. The molecule has 0 unspecified atom stereocenters. The molecule has 1 fully saturated rings. The van der Waals surface area contributed by atoms with Gasteiger partial charge in [-0.2, -0.15) is 0 Å². The second kappa shape index (κ2) is 7.32. The van der Waals surface area contributed by atoms with Crippen LogP contribution in [0.4, 0.5) is 11.4 Å². The maximum Gasteiger partial charge on any atom is 0.255 e. The number of hydrogen-bond acceptors (Lipinski definition) is 3. The summed E-state index contributed by atoms with van der Waals surface area (Å²) >= 11 is 0. The number of benzene rings is 2. The fourth-order valence-electron chi connectivity index (χ4n) is 4.21. The lowest BCUT2D eigenvalue weighted by Gasteiger charge is -2.22. The molecule has 0 aromatic heterocycles. The van der Waals surface area contributed by atoms with E-state index in [2.05, 4.69) is 5.32 Å². The minimum atomic E-state index is -0.319. The first kappa shape index (κ1) is 19.1. The summed E-state index contributed by atoms with van der Waals surface area (Å²) in [6, 6.07) is 12.4. The Morgan fingerprint density at radius 3 is 2.55 bits per heavy atom. The molecular weight excluding hydrogens is 364 g/mol. The fraction of sp³-hybridized carbons (Fsp3) is 0.292. The van der Waals surface area contributed by atoms with E-state index in [0.717, 1.165) is 11.1 Å². The van der Waals surface area contributed by atoms with Gasteiger partial charge in [0.05, 0.1) is 17.5 Å². The number of nitrogens with zero attached hydrogens (tertiary/aromatic N) is 1. The molecule has 29 heavy (non-hydrogen) atoms. The lowest BCUT2D eigenvalue weighted by atomic mass is 9.78. The van der Waals surface area contributed by atoms with E-state index >= 15 is 0 Å². The van der Waals surface area contributed by atoms with Crippen LogP contribution < -0.4 is 10.2 Å². The summed E-state index contributed by atoms with van der Waals surface area (Å²) in [5.74, 6) is -1.23. The van der Waals surface area contributed by atoms with Gasteiger partial charge < -0.3 is 5.32 Å². The zero-order chi connectivity index (χ0) is 20.7. The summed E-state index contributed by atoms with van der Waals surface area (Å²) in [6.07, 6.45) is 4.57.